The van der Waals surface area contributed by atoms with Gasteiger partial charge in [0.25, 0.3) is 5.91 Å². The highest BCUT2D eigenvalue weighted by atomic mass is 16.6. The first-order chi connectivity index (χ1) is 8.58. The minimum absolute atomic E-state index is 0.340. The van der Waals surface area contributed by atoms with Crippen LogP contribution >= 0.6 is 0 Å². The minimum Gasteiger partial charge on any atom is -0.336 e. The van der Waals surface area contributed by atoms with Crippen LogP contribution in [-0.2, 0) is 20.8 Å². The van der Waals surface area contributed by atoms with Crippen molar-refractivity contribution in [1.82, 2.24) is 10.4 Å². The highest BCUT2D eigenvalue weighted by Crippen LogP contribution is 2.09. The summed E-state index contributed by atoms with van der Waals surface area (Å²) in [5.41, 5.74) is 4.40. The Morgan fingerprint density at radius 2 is 2.06 bits per heavy atom. The number of hydrogen-bond acceptors (Lipinski definition) is 3. The van der Waals surface area contributed by atoms with Gasteiger partial charge in [-0.3, -0.25) is 14.4 Å². The van der Waals surface area contributed by atoms with Crippen molar-refractivity contribution in [2.45, 2.75) is 19.4 Å². The fourth-order valence-corrected chi connectivity index (χ4v) is 1.61. The van der Waals surface area contributed by atoms with Crippen LogP contribution in [-0.4, -0.2) is 37.4 Å². The van der Waals surface area contributed by atoms with Crippen molar-refractivity contribution in [3.8, 4) is 0 Å². The summed E-state index contributed by atoms with van der Waals surface area (Å²) in [7, 11) is 2.93. The van der Waals surface area contributed by atoms with Gasteiger partial charge in [-0.1, -0.05) is 29.8 Å². The first kappa shape index (κ1) is 14.2. The Kier molecular flexibility index (Phi) is 5.32. The lowest BCUT2D eigenvalue weighted by Gasteiger charge is -2.23. The number of nitrogens with one attached hydrogen (secondary N) is 1. The van der Waals surface area contributed by atoms with Gasteiger partial charge < -0.3 is 4.90 Å². The average Bonchev–Trinajstić information content (AvgIpc) is 2.37. The molecule has 98 valence electrons. The molecule has 0 fully saturated rings. The molecule has 0 radical (unpaired) electrons. The summed E-state index contributed by atoms with van der Waals surface area (Å²) in [5.74, 6) is -0.340. The van der Waals surface area contributed by atoms with Crippen LogP contribution in [0, 0.1) is 6.92 Å². The first-order valence-electron chi connectivity index (χ1n) is 5.64. The number of carbonyl (C=O) groups excluding carboxylic acids is 2. The highest BCUT2D eigenvalue weighted by molar-refractivity contribution is 5.83. The molecule has 5 heteroatoms. The van der Waals surface area contributed by atoms with E-state index in [0.29, 0.717) is 12.8 Å². The first-order valence-corrected chi connectivity index (χ1v) is 5.64. The largest absolute Gasteiger partial charge is 0.336 e. The molecule has 0 heterocycles. The second-order valence-electron chi connectivity index (χ2n) is 4.15. The van der Waals surface area contributed by atoms with Gasteiger partial charge >= 0.3 is 0 Å². The second-order valence-corrected chi connectivity index (χ2v) is 4.15. The van der Waals surface area contributed by atoms with Gasteiger partial charge in [0, 0.05) is 13.5 Å². The zero-order valence-electron chi connectivity index (χ0n) is 10.8. The smallest absolute Gasteiger partial charge is 0.266 e. The maximum atomic E-state index is 11.8. The Morgan fingerprint density at radius 3 is 2.56 bits per heavy atom. The molecule has 2 amide bonds. The van der Waals surface area contributed by atoms with Crippen LogP contribution in [0.4, 0.5) is 0 Å². The SMILES string of the molecule is CONC(=O)[C@@H](Cc1ccc(C)cc1)N(C)C=O. The molecule has 5 nitrogen and oxygen atoms in total. The van der Waals surface area contributed by atoms with Crippen LogP contribution in [0.25, 0.3) is 0 Å². The molecule has 0 aliphatic carbocycles. The van der Waals surface area contributed by atoms with Crippen LogP contribution in [0.3, 0.4) is 0 Å². The number of hydroxylamine groups is 1. The molecule has 0 spiro atoms. The molecule has 0 bridgehead atoms. The maximum Gasteiger partial charge on any atom is 0.266 e. The van der Waals surface area contributed by atoms with Crippen molar-refractivity contribution in [3.63, 3.8) is 0 Å². The zero-order chi connectivity index (χ0) is 13.5. The predicted molar refractivity (Wildman–Crippen MR) is 67.6 cm³/mol. The molecular formula is C13H18N2O3. The number of aryl methyl sites for hydroxylation is 1. The summed E-state index contributed by atoms with van der Waals surface area (Å²) in [6.07, 6.45) is 1.08. The molecule has 0 saturated carbocycles. The lowest BCUT2D eigenvalue weighted by molar-refractivity contribution is -0.139. The fraction of sp³-hybridized carbons (Fsp3) is 0.385. The number of amides is 2. The van der Waals surface area contributed by atoms with Crippen LogP contribution in [0.2, 0.25) is 0 Å². The van der Waals surface area contributed by atoms with Gasteiger partial charge in [-0.15, -0.1) is 0 Å². The van der Waals surface area contributed by atoms with Gasteiger partial charge in [0.1, 0.15) is 6.04 Å². The van der Waals surface area contributed by atoms with Gasteiger partial charge in [-0.2, -0.15) is 0 Å². The monoisotopic (exact) mass is 250 g/mol. The van der Waals surface area contributed by atoms with Crippen LogP contribution < -0.4 is 5.48 Å². The van der Waals surface area contributed by atoms with E-state index in [4.69, 9.17) is 0 Å². The van der Waals surface area contributed by atoms with Gasteiger partial charge in [-0.05, 0) is 12.5 Å². The summed E-state index contributed by atoms with van der Waals surface area (Å²) in [6.45, 7) is 2.00. The van der Waals surface area contributed by atoms with Crippen molar-refractivity contribution in [2.75, 3.05) is 14.2 Å². The highest BCUT2D eigenvalue weighted by Gasteiger charge is 2.22. The molecule has 1 rings (SSSR count). The van der Waals surface area contributed by atoms with Crippen molar-refractivity contribution < 1.29 is 14.4 Å². The quantitative estimate of drug-likeness (QED) is 0.596. The molecular weight excluding hydrogens is 232 g/mol. The summed E-state index contributed by atoms with van der Waals surface area (Å²) < 4.78 is 0. The van der Waals surface area contributed by atoms with E-state index in [1.165, 1.54) is 12.0 Å². The average molecular weight is 250 g/mol. The van der Waals surface area contributed by atoms with E-state index < -0.39 is 6.04 Å². The van der Waals surface area contributed by atoms with E-state index in [9.17, 15) is 9.59 Å². The van der Waals surface area contributed by atoms with Gasteiger partial charge in [-0.25, -0.2) is 5.48 Å². The van der Waals surface area contributed by atoms with E-state index in [1.54, 1.807) is 7.05 Å². The van der Waals surface area contributed by atoms with Crippen LogP contribution in [0.15, 0.2) is 24.3 Å². The summed E-state index contributed by atoms with van der Waals surface area (Å²) in [4.78, 5) is 28.5. The second kappa shape index (κ2) is 6.76. The van der Waals surface area contributed by atoms with E-state index in [-0.39, 0.29) is 5.91 Å². The van der Waals surface area contributed by atoms with E-state index in [1.807, 2.05) is 31.2 Å². The Labute approximate surface area is 107 Å². The third-order valence-electron chi connectivity index (χ3n) is 2.71. The standard InChI is InChI=1S/C13H18N2O3/c1-10-4-6-11(7-5-10)8-12(15(2)9-16)13(17)14-18-3/h4-7,9,12H,8H2,1-3H3,(H,14,17)/t12-/m1/s1. The van der Waals surface area contributed by atoms with Crippen LogP contribution in [0.5, 0.6) is 0 Å². The number of likely N-dealkylation sites (N-methyl/N-ethyl adjacent to an activating group) is 1. The maximum absolute atomic E-state index is 11.8. The molecule has 18 heavy (non-hydrogen) atoms. The number of nitrogens with zero attached hydrogens (tertiary/aromatic N) is 1. The van der Waals surface area contributed by atoms with E-state index >= 15 is 0 Å². The Bertz CT molecular complexity index is 403. The Morgan fingerprint density at radius 1 is 1.44 bits per heavy atom. The van der Waals surface area contributed by atoms with E-state index in [0.717, 1.165) is 11.1 Å². The summed E-state index contributed by atoms with van der Waals surface area (Å²) in [6, 6.07) is 7.26. The van der Waals surface area contributed by atoms with Gasteiger partial charge in [0.05, 0.1) is 7.11 Å². The molecule has 1 aromatic rings. The normalized spacial score (nSPS) is 11.7. The Balaban J connectivity index is 2.80. The van der Waals surface area contributed by atoms with Crippen molar-refractivity contribution in [3.05, 3.63) is 35.4 Å². The molecule has 0 unspecified atom stereocenters. The van der Waals surface area contributed by atoms with Crippen molar-refractivity contribution in [2.24, 2.45) is 0 Å². The van der Waals surface area contributed by atoms with Crippen LogP contribution in [0.1, 0.15) is 11.1 Å². The molecule has 1 aromatic carbocycles. The number of carbonyl (C=O) groups is 2. The van der Waals surface area contributed by atoms with Crippen molar-refractivity contribution >= 4 is 12.3 Å². The third kappa shape index (κ3) is 3.85. The number of hydrogen-bond donors (Lipinski definition) is 1. The predicted octanol–water partition coefficient (Wildman–Crippen LogP) is 0.672. The lowest BCUT2D eigenvalue weighted by Crippen LogP contribution is -2.45. The summed E-state index contributed by atoms with van der Waals surface area (Å²) in [5, 5.41) is 0. The number of rotatable bonds is 6. The molecule has 0 aromatic heterocycles. The third-order valence-corrected chi connectivity index (χ3v) is 2.71. The lowest BCUT2D eigenvalue weighted by atomic mass is 10.0. The molecule has 0 saturated heterocycles. The van der Waals surface area contributed by atoms with E-state index in [2.05, 4.69) is 10.3 Å². The molecule has 1 atom stereocenters. The zero-order valence-corrected chi connectivity index (χ0v) is 10.8. The number of benzene rings is 1. The molecule has 0 aliphatic rings. The van der Waals surface area contributed by atoms with Gasteiger partial charge in [0.2, 0.25) is 6.41 Å². The topological polar surface area (TPSA) is 58.6 Å². The molecule has 0 aliphatic heterocycles. The fourth-order valence-electron chi connectivity index (χ4n) is 1.61. The minimum atomic E-state index is -0.579. The Hall–Kier alpha value is -1.88. The van der Waals surface area contributed by atoms with Gasteiger partial charge in [0.15, 0.2) is 0 Å². The molecule has 1 N–H and O–H groups in total. The summed E-state index contributed by atoms with van der Waals surface area (Å²) >= 11 is 0. The van der Waals surface area contributed by atoms with Crippen molar-refractivity contribution in [1.29, 1.82) is 0 Å².